The van der Waals surface area contributed by atoms with Gasteiger partial charge in [-0.05, 0) is 25.0 Å². The molecule has 19 heavy (non-hydrogen) atoms. The maximum atomic E-state index is 12.0. The summed E-state index contributed by atoms with van der Waals surface area (Å²) in [5.74, 6) is 0.114. The fourth-order valence-electron chi connectivity index (χ4n) is 2.08. The van der Waals surface area contributed by atoms with Gasteiger partial charge in [0, 0.05) is 6.54 Å². The minimum absolute atomic E-state index is 0.00300. The van der Waals surface area contributed by atoms with Gasteiger partial charge in [-0.3, -0.25) is 4.79 Å². The van der Waals surface area contributed by atoms with Crippen LogP contribution in [-0.2, 0) is 0 Å². The molecular formula is C15H22ClNO2. The number of alkyl halides is 1. The SMILES string of the molecule is CCC(CC)C(Cl)CNC(=O)c1cc(C)ccc1O. The monoisotopic (exact) mass is 283 g/mol. The molecule has 0 spiro atoms. The van der Waals surface area contributed by atoms with Gasteiger partial charge < -0.3 is 10.4 Å². The smallest absolute Gasteiger partial charge is 0.255 e. The van der Waals surface area contributed by atoms with Crippen molar-refractivity contribution in [1.82, 2.24) is 5.32 Å². The molecule has 0 saturated heterocycles. The first-order valence-corrected chi connectivity index (χ1v) is 7.15. The molecule has 0 bridgehead atoms. The van der Waals surface area contributed by atoms with Crippen molar-refractivity contribution in [3.8, 4) is 5.75 Å². The van der Waals surface area contributed by atoms with Crippen molar-refractivity contribution in [1.29, 1.82) is 0 Å². The van der Waals surface area contributed by atoms with Crippen LogP contribution >= 0.6 is 11.6 Å². The van der Waals surface area contributed by atoms with Crippen LogP contribution in [0.15, 0.2) is 18.2 Å². The van der Waals surface area contributed by atoms with E-state index in [1.165, 1.54) is 6.07 Å². The fourth-order valence-corrected chi connectivity index (χ4v) is 2.52. The molecule has 0 heterocycles. The molecule has 1 amide bonds. The van der Waals surface area contributed by atoms with E-state index in [1.807, 2.05) is 6.92 Å². The third-order valence-corrected chi connectivity index (χ3v) is 3.93. The lowest BCUT2D eigenvalue weighted by molar-refractivity contribution is 0.0949. The highest BCUT2D eigenvalue weighted by Crippen LogP contribution is 2.20. The molecule has 0 fully saturated rings. The van der Waals surface area contributed by atoms with Gasteiger partial charge in [0.05, 0.1) is 10.9 Å². The van der Waals surface area contributed by atoms with Crippen LogP contribution in [0.1, 0.15) is 42.6 Å². The molecule has 0 aliphatic carbocycles. The number of nitrogens with one attached hydrogen (secondary N) is 1. The number of aryl methyl sites for hydroxylation is 1. The van der Waals surface area contributed by atoms with Crippen molar-refractivity contribution in [2.75, 3.05) is 6.54 Å². The molecule has 106 valence electrons. The second-order valence-corrected chi connectivity index (χ2v) is 5.38. The van der Waals surface area contributed by atoms with Gasteiger partial charge in [-0.2, -0.15) is 0 Å². The zero-order chi connectivity index (χ0) is 14.4. The van der Waals surface area contributed by atoms with Gasteiger partial charge in [-0.1, -0.05) is 38.3 Å². The van der Waals surface area contributed by atoms with Gasteiger partial charge in [0.25, 0.3) is 5.91 Å². The lowest BCUT2D eigenvalue weighted by Gasteiger charge is -2.19. The molecule has 1 unspecified atom stereocenters. The summed E-state index contributed by atoms with van der Waals surface area (Å²) in [4.78, 5) is 12.0. The van der Waals surface area contributed by atoms with Crippen molar-refractivity contribution < 1.29 is 9.90 Å². The Hall–Kier alpha value is -1.22. The van der Waals surface area contributed by atoms with Crippen LogP contribution in [0.5, 0.6) is 5.75 Å². The van der Waals surface area contributed by atoms with Gasteiger partial charge in [0.15, 0.2) is 0 Å². The van der Waals surface area contributed by atoms with E-state index in [1.54, 1.807) is 12.1 Å². The molecule has 1 rings (SSSR count). The number of phenolic OH excluding ortho intramolecular Hbond substituents is 1. The van der Waals surface area contributed by atoms with Gasteiger partial charge in [0.1, 0.15) is 5.75 Å². The van der Waals surface area contributed by atoms with E-state index in [2.05, 4.69) is 19.2 Å². The third kappa shape index (κ3) is 4.43. The third-order valence-electron chi connectivity index (χ3n) is 3.41. The van der Waals surface area contributed by atoms with Crippen LogP contribution < -0.4 is 5.32 Å². The Labute approximate surface area is 120 Å². The molecule has 4 heteroatoms. The van der Waals surface area contributed by atoms with E-state index in [9.17, 15) is 9.90 Å². The number of carbonyl (C=O) groups excluding carboxylic acids is 1. The summed E-state index contributed by atoms with van der Waals surface area (Å²) < 4.78 is 0. The number of rotatable bonds is 6. The van der Waals surface area contributed by atoms with Crippen molar-refractivity contribution in [3.63, 3.8) is 0 Å². The number of halogens is 1. The van der Waals surface area contributed by atoms with Gasteiger partial charge in [-0.15, -0.1) is 11.6 Å². The first-order chi connectivity index (χ1) is 8.99. The summed E-state index contributed by atoms with van der Waals surface area (Å²) in [7, 11) is 0. The van der Waals surface area contributed by atoms with Crippen molar-refractivity contribution in [3.05, 3.63) is 29.3 Å². The molecule has 1 aromatic rings. The van der Waals surface area contributed by atoms with Crippen LogP contribution in [0.2, 0.25) is 0 Å². The Morgan fingerprint density at radius 1 is 1.37 bits per heavy atom. The van der Waals surface area contributed by atoms with Crippen molar-refractivity contribution >= 4 is 17.5 Å². The number of hydrogen-bond acceptors (Lipinski definition) is 2. The first-order valence-electron chi connectivity index (χ1n) is 6.71. The Balaban J connectivity index is 2.63. The van der Waals surface area contributed by atoms with E-state index in [0.29, 0.717) is 18.0 Å². The number of carbonyl (C=O) groups is 1. The topological polar surface area (TPSA) is 49.3 Å². The molecule has 2 N–H and O–H groups in total. The Morgan fingerprint density at radius 3 is 2.58 bits per heavy atom. The fraction of sp³-hybridized carbons (Fsp3) is 0.533. The van der Waals surface area contributed by atoms with E-state index >= 15 is 0 Å². The van der Waals surface area contributed by atoms with Crippen molar-refractivity contribution in [2.45, 2.75) is 39.0 Å². The number of aromatic hydroxyl groups is 1. The van der Waals surface area contributed by atoms with E-state index in [-0.39, 0.29) is 17.0 Å². The van der Waals surface area contributed by atoms with Gasteiger partial charge in [0.2, 0.25) is 0 Å². The Morgan fingerprint density at radius 2 is 2.00 bits per heavy atom. The number of benzene rings is 1. The maximum absolute atomic E-state index is 12.0. The van der Waals surface area contributed by atoms with E-state index in [0.717, 1.165) is 18.4 Å². The first kappa shape index (κ1) is 15.8. The number of hydrogen-bond donors (Lipinski definition) is 2. The largest absolute Gasteiger partial charge is 0.507 e. The second kappa shape index (κ2) is 7.39. The minimum Gasteiger partial charge on any atom is -0.507 e. The Bertz CT molecular complexity index is 430. The van der Waals surface area contributed by atoms with E-state index in [4.69, 9.17) is 11.6 Å². The van der Waals surface area contributed by atoms with Crippen molar-refractivity contribution in [2.24, 2.45) is 5.92 Å². The zero-order valence-electron chi connectivity index (χ0n) is 11.7. The van der Waals surface area contributed by atoms with Gasteiger partial charge in [-0.25, -0.2) is 0 Å². The van der Waals surface area contributed by atoms with Crippen LogP contribution in [-0.4, -0.2) is 22.9 Å². The summed E-state index contributed by atoms with van der Waals surface area (Å²) in [6, 6.07) is 4.97. The Kier molecular flexibility index (Phi) is 6.16. The van der Waals surface area contributed by atoms with Crippen LogP contribution in [0.25, 0.3) is 0 Å². The molecule has 0 radical (unpaired) electrons. The molecule has 0 aliphatic rings. The molecule has 1 aromatic carbocycles. The molecular weight excluding hydrogens is 262 g/mol. The standard InChI is InChI=1S/C15H22ClNO2/c1-4-11(5-2)13(16)9-17-15(19)12-8-10(3)6-7-14(12)18/h6-8,11,13,18H,4-5,9H2,1-3H3,(H,17,19). The quantitative estimate of drug-likeness (QED) is 0.786. The van der Waals surface area contributed by atoms with Crippen LogP contribution in [0, 0.1) is 12.8 Å². The summed E-state index contributed by atoms with van der Waals surface area (Å²) in [5, 5.41) is 12.4. The highest BCUT2D eigenvalue weighted by molar-refractivity contribution is 6.21. The molecule has 0 saturated carbocycles. The molecule has 0 aromatic heterocycles. The average molecular weight is 284 g/mol. The number of amides is 1. The predicted octanol–water partition coefficient (Wildman–Crippen LogP) is 3.47. The lowest BCUT2D eigenvalue weighted by Crippen LogP contribution is -2.33. The van der Waals surface area contributed by atoms with E-state index < -0.39 is 0 Å². The zero-order valence-corrected chi connectivity index (χ0v) is 12.5. The highest BCUT2D eigenvalue weighted by atomic mass is 35.5. The number of phenols is 1. The van der Waals surface area contributed by atoms with Crippen LogP contribution in [0.3, 0.4) is 0 Å². The minimum atomic E-state index is -0.280. The molecule has 0 aliphatic heterocycles. The summed E-state index contributed by atoms with van der Waals surface area (Å²) in [5.41, 5.74) is 1.23. The lowest BCUT2D eigenvalue weighted by atomic mass is 9.99. The second-order valence-electron chi connectivity index (χ2n) is 4.82. The highest BCUT2D eigenvalue weighted by Gasteiger charge is 2.18. The summed E-state index contributed by atoms with van der Waals surface area (Å²) >= 11 is 6.27. The maximum Gasteiger partial charge on any atom is 0.255 e. The predicted molar refractivity (Wildman–Crippen MR) is 78.9 cm³/mol. The van der Waals surface area contributed by atoms with Crippen LogP contribution in [0.4, 0.5) is 0 Å². The molecule has 1 atom stereocenters. The van der Waals surface area contributed by atoms with Gasteiger partial charge >= 0.3 is 0 Å². The summed E-state index contributed by atoms with van der Waals surface area (Å²) in [6.07, 6.45) is 1.99. The normalized spacial score (nSPS) is 12.5. The molecule has 3 nitrogen and oxygen atoms in total. The summed E-state index contributed by atoms with van der Waals surface area (Å²) in [6.45, 7) is 6.49. The average Bonchev–Trinajstić information content (AvgIpc) is 2.40.